The number of allylic oxidation sites excluding steroid dienone is 1. The van der Waals surface area contributed by atoms with Gasteiger partial charge in [0.05, 0.1) is 18.2 Å². The number of para-hydroxylation sites is 1. The number of hydrogen-bond acceptors (Lipinski definition) is 5. The molecule has 0 aliphatic carbocycles. The van der Waals surface area contributed by atoms with Crippen LogP contribution in [-0.4, -0.2) is 18.9 Å². The molecule has 0 bridgehead atoms. The molecule has 30 heavy (non-hydrogen) atoms. The van der Waals surface area contributed by atoms with E-state index < -0.39 is 5.97 Å². The fraction of sp³-hybridized carbons (Fsp3) is 0.0833. The highest BCUT2D eigenvalue weighted by Crippen LogP contribution is 2.38. The second-order valence-electron chi connectivity index (χ2n) is 6.69. The highest BCUT2D eigenvalue weighted by Gasteiger charge is 2.30. The molecule has 6 heteroatoms. The third kappa shape index (κ3) is 3.80. The van der Waals surface area contributed by atoms with Crippen LogP contribution in [0.1, 0.15) is 31.8 Å². The van der Waals surface area contributed by atoms with E-state index in [1.165, 1.54) is 6.07 Å². The van der Waals surface area contributed by atoms with Gasteiger partial charge in [0, 0.05) is 16.7 Å². The Labute approximate surface area is 178 Å². The molecule has 0 N–H and O–H groups in total. The minimum absolute atomic E-state index is 0.179. The summed E-state index contributed by atoms with van der Waals surface area (Å²) in [6.45, 7) is 1.77. The Hall–Kier alpha value is -3.57. The van der Waals surface area contributed by atoms with Crippen molar-refractivity contribution in [3.8, 4) is 17.2 Å². The van der Waals surface area contributed by atoms with Crippen molar-refractivity contribution < 1.29 is 23.8 Å². The summed E-state index contributed by atoms with van der Waals surface area (Å²) in [5.41, 5.74) is 2.19. The van der Waals surface area contributed by atoms with E-state index >= 15 is 0 Å². The van der Waals surface area contributed by atoms with Crippen LogP contribution in [0.15, 0.2) is 66.4 Å². The summed E-state index contributed by atoms with van der Waals surface area (Å²) < 4.78 is 16.6. The van der Waals surface area contributed by atoms with Gasteiger partial charge in [-0.1, -0.05) is 29.8 Å². The first-order valence-electron chi connectivity index (χ1n) is 9.16. The minimum atomic E-state index is -0.528. The molecule has 1 aliphatic heterocycles. The minimum Gasteiger partial charge on any atom is -0.496 e. The van der Waals surface area contributed by atoms with Crippen molar-refractivity contribution >= 4 is 29.4 Å². The van der Waals surface area contributed by atoms with Gasteiger partial charge in [0.25, 0.3) is 0 Å². The second-order valence-corrected chi connectivity index (χ2v) is 7.13. The van der Waals surface area contributed by atoms with Crippen LogP contribution in [0.2, 0.25) is 5.02 Å². The van der Waals surface area contributed by atoms with E-state index in [1.54, 1.807) is 56.5 Å². The van der Waals surface area contributed by atoms with Crippen LogP contribution in [0.3, 0.4) is 0 Å². The Morgan fingerprint density at radius 2 is 1.80 bits per heavy atom. The van der Waals surface area contributed by atoms with Gasteiger partial charge < -0.3 is 14.2 Å². The Balaban J connectivity index is 1.62. The van der Waals surface area contributed by atoms with Gasteiger partial charge >= 0.3 is 5.97 Å². The Morgan fingerprint density at radius 1 is 1.07 bits per heavy atom. The van der Waals surface area contributed by atoms with Crippen LogP contribution in [0, 0.1) is 6.92 Å². The number of rotatable bonds is 4. The van der Waals surface area contributed by atoms with Gasteiger partial charge in [0.2, 0.25) is 5.78 Å². The number of fused-ring (bicyclic) bond motifs is 1. The number of methoxy groups -OCH3 is 1. The monoisotopic (exact) mass is 420 g/mol. The van der Waals surface area contributed by atoms with E-state index in [2.05, 4.69) is 0 Å². The van der Waals surface area contributed by atoms with Gasteiger partial charge in [0.15, 0.2) is 5.76 Å². The Morgan fingerprint density at radius 3 is 2.53 bits per heavy atom. The van der Waals surface area contributed by atoms with Crippen LogP contribution < -0.4 is 14.2 Å². The van der Waals surface area contributed by atoms with Crippen LogP contribution in [0.4, 0.5) is 0 Å². The standard InChI is InChI=1S/C24H17ClO5/c1-14-11-18(29-24(27)15-7-9-17(25)10-8-15)13-20-22(14)23(26)21(30-20)12-16-5-3-4-6-19(16)28-2/h3-13H,1-2H3/b21-12-. The lowest BCUT2D eigenvalue weighted by Gasteiger charge is -2.08. The van der Waals surface area contributed by atoms with Crippen molar-refractivity contribution in [2.75, 3.05) is 7.11 Å². The van der Waals surface area contributed by atoms with Crippen molar-refractivity contribution in [1.82, 2.24) is 0 Å². The van der Waals surface area contributed by atoms with E-state index in [0.29, 0.717) is 33.2 Å². The van der Waals surface area contributed by atoms with Crippen LogP contribution in [0.25, 0.3) is 6.08 Å². The summed E-state index contributed by atoms with van der Waals surface area (Å²) in [7, 11) is 1.56. The molecule has 0 saturated heterocycles. The molecule has 4 rings (SSSR count). The normalized spacial score (nSPS) is 13.7. The van der Waals surface area contributed by atoms with Crippen LogP contribution in [0.5, 0.6) is 17.2 Å². The average molecular weight is 421 g/mol. The SMILES string of the molecule is COc1ccccc1/C=C1\Oc2cc(OC(=O)c3ccc(Cl)cc3)cc(C)c2C1=O. The first-order chi connectivity index (χ1) is 14.5. The van der Waals surface area contributed by atoms with Gasteiger partial charge in [-0.05, 0) is 55.0 Å². The van der Waals surface area contributed by atoms with Gasteiger partial charge in [-0.15, -0.1) is 0 Å². The largest absolute Gasteiger partial charge is 0.496 e. The van der Waals surface area contributed by atoms with Gasteiger partial charge in [-0.3, -0.25) is 4.79 Å². The number of esters is 1. The molecule has 0 radical (unpaired) electrons. The maximum atomic E-state index is 12.9. The van der Waals surface area contributed by atoms with Gasteiger partial charge in [-0.25, -0.2) is 4.79 Å². The molecular weight excluding hydrogens is 404 g/mol. The maximum Gasteiger partial charge on any atom is 0.343 e. The summed E-state index contributed by atoms with van der Waals surface area (Å²) >= 11 is 5.85. The van der Waals surface area contributed by atoms with Gasteiger partial charge in [0.1, 0.15) is 17.2 Å². The predicted molar refractivity (Wildman–Crippen MR) is 114 cm³/mol. The molecule has 5 nitrogen and oxygen atoms in total. The maximum absolute atomic E-state index is 12.9. The summed E-state index contributed by atoms with van der Waals surface area (Å²) in [5, 5.41) is 0.529. The zero-order valence-electron chi connectivity index (χ0n) is 16.3. The Bertz CT molecular complexity index is 1180. The summed E-state index contributed by atoms with van der Waals surface area (Å²) in [4.78, 5) is 25.2. The molecule has 1 heterocycles. The van der Waals surface area contributed by atoms with E-state index in [-0.39, 0.29) is 17.3 Å². The summed E-state index contributed by atoms with van der Waals surface area (Å²) in [5.74, 6) is 0.687. The lowest BCUT2D eigenvalue weighted by atomic mass is 10.0. The number of hydrogen-bond donors (Lipinski definition) is 0. The number of aryl methyl sites for hydroxylation is 1. The fourth-order valence-electron chi connectivity index (χ4n) is 3.22. The fourth-order valence-corrected chi connectivity index (χ4v) is 3.34. The van der Waals surface area contributed by atoms with Crippen LogP contribution in [-0.2, 0) is 0 Å². The summed E-state index contributed by atoms with van der Waals surface area (Å²) in [6, 6.07) is 16.9. The molecule has 0 spiro atoms. The van der Waals surface area contributed by atoms with Gasteiger partial charge in [-0.2, -0.15) is 0 Å². The van der Waals surface area contributed by atoms with Crippen molar-refractivity contribution in [3.05, 3.63) is 93.7 Å². The number of ether oxygens (including phenoxy) is 3. The molecule has 0 unspecified atom stereocenters. The van der Waals surface area contributed by atoms with Crippen molar-refractivity contribution in [2.24, 2.45) is 0 Å². The van der Waals surface area contributed by atoms with E-state index in [4.69, 9.17) is 25.8 Å². The molecular formula is C24H17ClO5. The molecule has 150 valence electrons. The van der Waals surface area contributed by atoms with E-state index in [1.807, 2.05) is 18.2 Å². The number of Topliss-reactive ketones (excluding diaryl/α,β-unsaturated/α-hetero) is 1. The third-order valence-corrected chi connectivity index (χ3v) is 4.91. The highest BCUT2D eigenvalue weighted by atomic mass is 35.5. The van der Waals surface area contributed by atoms with Crippen molar-refractivity contribution in [1.29, 1.82) is 0 Å². The number of carbonyl (C=O) groups excluding carboxylic acids is 2. The molecule has 3 aromatic rings. The lowest BCUT2D eigenvalue weighted by Crippen LogP contribution is -2.08. The number of carbonyl (C=O) groups is 2. The molecule has 0 saturated carbocycles. The lowest BCUT2D eigenvalue weighted by molar-refractivity contribution is 0.0734. The summed E-state index contributed by atoms with van der Waals surface area (Å²) in [6.07, 6.45) is 1.64. The average Bonchev–Trinajstić information content (AvgIpc) is 3.04. The smallest absolute Gasteiger partial charge is 0.343 e. The molecule has 0 fully saturated rings. The van der Waals surface area contributed by atoms with E-state index in [0.717, 1.165) is 5.56 Å². The number of ketones is 1. The van der Waals surface area contributed by atoms with Crippen LogP contribution >= 0.6 is 11.6 Å². The molecule has 3 aromatic carbocycles. The molecule has 0 aromatic heterocycles. The zero-order valence-corrected chi connectivity index (χ0v) is 17.0. The van der Waals surface area contributed by atoms with E-state index in [9.17, 15) is 9.59 Å². The highest BCUT2D eigenvalue weighted by molar-refractivity contribution is 6.30. The molecule has 0 atom stereocenters. The zero-order chi connectivity index (χ0) is 21.3. The predicted octanol–water partition coefficient (Wildman–Crippen LogP) is 5.49. The topological polar surface area (TPSA) is 61.8 Å². The molecule has 1 aliphatic rings. The second kappa shape index (κ2) is 8.05. The number of benzene rings is 3. The third-order valence-electron chi connectivity index (χ3n) is 4.66. The van der Waals surface area contributed by atoms with Crippen molar-refractivity contribution in [2.45, 2.75) is 6.92 Å². The van der Waals surface area contributed by atoms with Crippen molar-refractivity contribution in [3.63, 3.8) is 0 Å². The molecule has 0 amide bonds. The Kier molecular flexibility index (Phi) is 5.29. The first kappa shape index (κ1) is 19.7. The first-order valence-corrected chi connectivity index (χ1v) is 9.53. The quantitative estimate of drug-likeness (QED) is 0.317. The number of halogens is 1.